The molecule has 0 aliphatic heterocycles. The average Bonchev–Trinajstić information content (AvgIpc) is 2.89. The Balaban J connectivity index is 2.04. The number of aromatic amines is 1. The summed E-state index contributed by atoms with van der Waals surface area (Å²) in [5.74, 6) is 1.74. The molecule has 0 spiro atoms. The molecule has 0 saturated heterocycles. The maximum absolute atomic E-state index is 5.29. The van der Waals surface area contributed by atoms with E-state index < -0.39 is 0 Å². The Hall–Kier alpha value is -0.850. The minimum Gasteiger partial charge on any atom is -0.494 e. The van der Waals surface area contributed by atoms with E-state index >= 15 is 0 Å². The van der Waals surface area contributed by atoms with E-state index in [0.29, 0.717) is 0 Å². The molecule has 1 atom stereocenters. The number of H-pyrrole nitrogens is 1. The molecule has 2 rings (SSSR count). The number of aromatic nitrogens is 2. The molecular weight excluding hydrogens is 374 g/mol. The van der Waals surface area contributed by atoms with Gasteiger partial charge in [0.25, 0.3) is 0 Å². The molecule has 0 fully saturated rings. The Labute approximate surface area is 129 Å². The van der Waals surface area contributed by atoms with Crippen molar-refractivity contribution in [1.29, 1.82) is 0 Å². The highest BCUT2D eigenvalue weighted by Crippen LogP contribution is 2.34. The number of benzene rings is 1. The third kappa shape index (κ3) is 3.58. The lowest BCUT2D eigenvalue weighted by molar-refractivity contribution is 0.409. The summed E-state index contributed by atoms with van der Waals surface area (Å²) < 4.78 is 7.16. The third-order valence-corrected chi connectivity index (χ3v) is 3.98. The van der Waals surface area contributed by atoms with Gasteiger partial charge in [0.05, 0.1) is 22.1 Å². The number of methoxy groups -OCH3 is 1. The number of ether oxygens (including phenoxy) is 1. The van der Waals surface area contributed by atoms with Crippen molar-refractivity contribution in [3.63, 3.8) is 0 Å². The first kappa shape index (κ1) is 14.6. The summed E-state index contributed by atoms with van der Waals surface area (Å²) in [7, 11) is 1.65. The first-order chi connectivity index (χ1) is 9.11. The molecule has 0 aliphatic carbocycles. The van der Waals surface area contributed by atoms with Crippen LogP contribution in [0.4, 0.5) is 0 Å². The van der Waals surface area contributed by atoms with E-state index in [-0.39, 0.29) is 6.04 Å². The van der Waals surface area contributed by atoms with Crippen molar-refractivity contribution in [2.75, 3.05) is 7.11 Å². The Morgan fingerprint density at radius 1 is 1.37 bits per heavy atom. The molecule has 0 saturated carbocycles. The van der Waals surface area contributed by atoms with E-state index in [2.05, 4.69) is 54.1 Å². The van der Waals surface area contributed by atoms with Crippen molar-refractivity contribution in [3.05, 3.63) is 44.9 Å². The largest absolute Gasteiger partial charge is 0.494 e. The van der Waals surface area contributed by atoms with Crippen LogP contribution in [0.25, 0.3) is 0 Å². The van der Waals surface area contributed by atoms with Gasteiger partial charge in [0.2, 0.25) is 0 Å². The monoisotopic (exact) mass is 387 g/mol. The zero-order chi connectivity index (χ0) is 13.8. The van der Waals surface area contributed by atoms with Crippen LogP contribution in [0, 0.1) is 0 Å². The Bertz CT molecular complexity index is 520. The smallest absolute Gasteiger partial charge is 0.147 e. The van der Waals surface area contributed by atoms with E-state index in [1.165, 1.54) is 0 Å². The predicted octanol–water partition coefficient (Wildman–Crippen LogP) is 3.79. The van der Waals surface area contributed by atoms with E-state index in [4.69, 9.17) is 4.74 Å². The Kier molecular flexibility index (Phi) is 5.01. The first-order valence-electron chi connectivity index (χ1n) is 5.86. The maximum atomic E-state index is 5.29. The van der Waals surface area contributed by atoms with Gasteiger partial charge in [-0.25, -0.2) is 4.98 Å². The van der Waals surface area contributed by atoms with Gasteiger partial charge in [-0.1, -0.05) is 0 Å². The van der Waals surface area contributed by atoms with E-state index in [0.717, 1.165) is 32.6 Å². The standard InChI is InChI=1S/C13H15Br2N3O/c1-8(13-16-3-4-17-13)18-7-9-5-10(14)12(19-2)11(15)6-9/h3-6,8,18H,7H2,1-2H3,(H,16,17). The van der Waals surface area contributed by atoms with Crippen LogP contribution in [-0.2, 0) is 6.54 Å². The van der Waals surface area contributed by atoms with Crippen LogP contribution in [0.5, 0.6) is 5.75 Å². The van der Waals surface area contributed by atoms with Crippen molar-refractivity contribution in [2.24, 2.45) is 0 Å². The van der Waals surface area contributed by atoms with Crippen LogP contribution >= 0.6 is 31.9 Å². The third-order valence-electron chi connectivity index (χ3n) is 2.80. The molecule has 4 nitrogen and oxygen atoms in total. The highest BCUT2D eigenvalue weighted by Gasteiger charge is 2.10. The fourth-order valence-electron chi connectivity index (χ4n) is 1.79. The maximum Gasteiger partial charge on any atom is 0.147 e. The highest BCUT2D eigenvalue weighted by molar-refractivity contribution is 9.11. The second-order valence-corrected chi connectivity index (χ2v) is 5.88. The molecule has 1 aromatic carbocycles. The average molecular weight is 389 g/mol. The fraction of sp³-hybridized carbons (Fsp3) is 0.308. The molecule has 1 heterocycles. The van der Waals surface area contributed by atoms with Crippen LogP contribution < -0.4 is 10.1 Å². The lowest BCUT2D eigenvalue weighted by atomic mass is 10.2. The number of imidazole rings is 1. The summed E-state index contributed by atoms with van der Waals surface area (Å²) in [6, 6.07) is 4.27. The molecule has 6 heteroatoms. The van der Waals surface area contributed by atoms with Crippen molar-refractivity contribution in [1.82, 2.24) is 15.3 Å². The van der Waals surface area contributed by atoms with Crippen LogP contribution in [0.3, 0.4) is 0 Å². The molecule has 102 valence electrons. The van der Waals surface area contributed by atoms with Gasteiger partial charge < -0.3 is 15.0 Å². The van der Waals surface area contributed by atoms with Gasteiger partial charge >= 0.3 is 0 Å². The van der Waals surface area contributed by atoms with Gasteiger partial charge in [0.1, 0.15) is 11.6 Å². The zero-order valence-electron chi connectivity index (χ0n) is 10.7. The molecular formula is C13H15Br2N3O. The number of hydrogen-bond acceptors (Lipinski definition) is 3. The molecule has 0 bridgehead atoms. The van der Waals surface area contributed by atoms with E-state index in [1.807, 2.05) is 18.3 Å². The number of halogens is 2. The molecule has 0 amide bonds. The zero-order valence-corrected chi connectivity index (χ0v) is 13.9. The topological polar surface area (TPSA) is 49.9 Å². The molecule has 2 aromatic rings. The second-order valence-electron chi connectivity index (χ2n) is 4.17. The van der Waals surface area contributed by atoms with Gasteiger partial charge in [-0.15, -0.1) is 0 Å². The Morgan fingerprint density at radius 2 is 2.05 bits per heavy atom. The molecule has 2 N–H and O–H groups in total. The van der Waals surface area contributed by atoms with Gasteiger partial charge in [0, 0.05) is 18.9 Å². The van der Waals surface area contributed by atoms with E-state index in [1.54, 1.807) is 13.3 Å². The summed E-state index contributed by atoms with van der Waals surface area (Å²) in [4.78, 5) is 7.34. The predicted molar refractivity (Wildman–Crippen MR) is 82.2 cm³/mol. The van der Waals surface area contributed by atoms with Crippen molar-refractivity contribution in [2.45, 2.75) is 19.5 Å². The summed E-state index contributed by atoms with van der Waals surface area (Å²) in [5, 5.41) is 3.42. The minimum atomic E-state index is 0.176. The number of nitrogens with one attached hydrogen (secondary N) is 2. The second kappa shape index (κ2) is 6.54. The van der Waals surface area contributed by atoms with Crippen LogP contribution in [0.1, 0.15) is 24.4 Å². The highest BCUT2D eigenvalue weighted by atomic mass is 79.9. The number of rotatable bonds is 5. The molecule has 1 aromatic heterocycles. The summed E-state index contributed by atoms with van der Waals surface area (Å²) in [5.41, 5.74) is 1.16. The first-order valence-corrected chi connectivity index (χ1v) is 7.45. The molecule has 0 radical (unpaired) electrons. The number of hydrogen-bond donors (Lipinski definition) is 2. The van der Waals surface area contributed by atoms with Crippen LogP contribution in [-0.4, -0.2) is 17.1 Å². The lowest BCUT2D eigenvalue weighted by Gasteiger charge is -2.13. The van der Waals surface area contributed by atoms with Gasteiger partial charge in [-0.05, 0) is 56.5 Å². The minimum absolute atomic E-state index is 0.176. The summed E-state index contributed by atoms with van der Waals surface area (Å²) >= 11 is 7.01. The van der Waals surface area contributed by atoms with Crippen molar-refractivity contribution < 1.29 is 4.74 Å². The van der Waals surface area contributed by atoms with Gasteiger partial charge in [-0.2, -0.15) is 0 Å². The normalized spacial score (nSPS) is 12.4. The van der Waals surface area contributed by atoms with Crippen molar-refractivity contribution >= 4 is 31.9 Å². The lowest BCUT2D eigenvalue weighted by Crippen LogP contribution is -2.19. The van der Waals surface area contributed by atoms with Gasteiger partial charge in [-0.3, -0.25) is 0 Å². The molecule has 0 aliphatic rings. The SMILES string of the molecule is COc1c(Br)cc(CNC(C)c2ncc[nH]2)cc1Br. The quantitative estimate of drug-likeness (QED) is 0.819. The fourth-order valence-corrected chi connectivity index (χ4v) is 3.40. The van der Waals surface area contributed by atoms with E-state index in [9.17, 15) is 0 Å². The Morgan fingerprint density at radius 3 is 2.58 bits per heavy atom. The van der Waals surface area contributed by atoms with Gasteiger partial charge in [0.15, 0.2) is 0 Å². The van der Waals surface area contributed by atoms with Crippen molar-refractivity contribution in [3.8, 4) is 5.75 Å². The molecule has 1 unspecified atom stereocenters. The van der Waals surface area contributed by atoms with Crippen LogP contribution in [0.2, 0.25) is 0 Å². The number of nitrogens with zero attached hydrogens (tertiary/aromatic N) is 1. The summed E-state index contributed by atoms with van der Waals surface area (Å²) in [6.07, 6.45) is 3.59. The molecule has 19 heavy (non-hydrogen) atoms. The van der Waals surface area contributed by atoms with Crippen LogP contribution in [0.15, 0.2) is 33.5 Å². The summed E-state index contributed by atoms with van der Waals surface area (Å²) in [6.45, 7) is 2.83.